The fraction of sp³-hybridized carbons (Fsp3) is 0.391. The Morgan fingerprint density at radius 3 is 2.78 bits per heavy atom. The summed E-state index contributed by atoms with van der Waals surface area (Å²) in [4.78, 5) is 30.0. The maximum atomic E-state index is 13.5. The number of benzene rings is 1. The molecule has 4 rings (SSSR count). The Labute approximate surface area is 190 Å². The number of ketones is 1. The monoisotopic (exact) mass is 456 g/mol. The topological polar surface area (TPSA) is 95.3 Å². The van der Waals surface area contributed by atoms with Gasteiger partial charge >= 0.3 is 6.09 Å². The summed E-state index contributed by atoms with van der Waals surface area (Å²) in [6, 6.07) is 6.90. The Hall–Kier alpha value is -2.97. The molecule has 0 radical (unpaired) electrons. The van der Waals surface area contributed by atoms with E-state index < -0.39 is 11.7 Å². The first-order chi connectivity index (χ1) is 15.2. The maximum absolute atomic E-state index is 13.5. The molecule has 1 saturated heterocycles. The van der Waals surface area contributed by atoms with Crippen LogP contribution in [0.4, 0.5) is 10.5 Å². The minimum Gasteiger partial charge on any atom is -0.444 e. The van der Waals surface area contributed by atoms with E-state index >= 15 is 0 Å². The van der Waals surface area contributed by atoms with E-state index in [4.69, 9.17) is 21.1 Å². The first kappa shape index (κ1) is 22.2. The summed E-state index contributed by atoms with van der Waals surface area (Å²) in [6.07, 6.45) is 5.17. The van der Waals surface area contributed by atoms with E-state index in [1.165, 1.54) is 12.3 Å². The van der Waals surface area contributed by atoms with Crippen molar-refractivity contribution in [1.29, 1.82) is 0 Å². The summed E-state index contributed by atoms with van der Waals surface area (Å²) >= 11 is 6.08. The van der Waals surface area contributed by atoms with Gasteiger partial charge in [0.2, 0.25) is 5.78 Å². The number of hydrogen-bond acceptors (Lipinski definition) is 6. The van der Waals surface area contributed by atoms with Crippen LogP contribution in [-0.2, 0) is 9.47 Å². The van der Waals surface area contributed by atoms with Crippen molar-refractivity contribution in [3.8, 4) is 0 Å². The van der Waals surface area contributed by atoms with Crippen molar-refractivity contribution in [3.05, 3.63) is 52.9 Å². The fourth-order valence-electron chi connectivity index (χ4n) is 3.67. The molecule has 2 aromatic heterocycles. The number of aromatic nitrogens is 3. The van der Waals surface area contributed by atoms with Crippen LogP contribution in [-0.4, -0.2) is 38.8 Å². The zero-order valence-electron chi connectivity index (χ0n) is 18.2. The largest absolute Gasteiger partial charge is 0.444 e. The molecular formula is C23H25ClN4O4. The smallest absolute Gasteiger partial charge is 0.412 e. The number of amides is 1. The Kier molecular flexibility index (Phi) is 6.17. The van der Waals surface area contributed by atoms with Gasteiger partial charge in [0.1, 0.15) is 11.3 Å². The molecule has 0 saturated carbocycles. The molecule has 3 aromatic rings. The quantitative estimate of drug-likeness (QED) is 0.531. The number of fused-ring (bicyclic) bond motifs is 1. The summed E-state index contributed by atoms with van der Waals surface area (Å²) in [5, 5.41) is 8.05. The van der Waals surface area contributed by atoms with Crippen LogP contribution < -0.4 is 5.32 Å². The maximum Gasteiger partial charge on any atom is 0.412 e. The predicted molar refractivity (Wildman–Crippen MR) is 121 cm³/mol. The van der Waals surface area contributed by atoms with Gasteiger partial charge in [-0.05, 0) is 52.2 Å². The van der Waals surface area contributed by atoms with Crippen molar-refractivity contribution in [2.24, 2.45) is 0 Å². The summed E-state index contributed by atoms with van der Waals surface area (Å²) < 4.78 is 13.0. The minimum absolute atomic E-state index is 0.0643. The molecule has 9 heteroatoms. The van der Waals surface area contributed by atoms with Gasteiger partial charge in [-0.1, -0.05) is 23.7 Å². The normalized spacial score (nSPS) is 16.7. The Morgan fingerprint density at radius 2 is 2.06 bits per heavy atom. The third-order valence-corrected chi connectivity index (χ3v) is 5.23. The number of carbonyl (C=O) groups is 2. The Balaban J connectivity index is 1.69. The average Bonchev–Trinajstić information content (AvgIpc) is 3.17. The first-order valence-electron chi connectivity index (χ1n) is 10.5. The van der Waals surface area contributed by atoms with Crippen LogP contribution in [0.25, 0.3) is 10.9 Å². The van der Waals surface area contributed by atoms with Crippen molar-refractivity contribution in [3.63, 3.8) is 0 Å². The van der Waals surface area contributed by atoms with Crippen LogP contribution in [0.2, 0.25) is 5.02 Å². The van der Waals surface area contributed by atoms with Crippen LogP contribution >= 0.6 is 11.6 Å². The van der Waals surface area contributed by atoms with E-state index in [9.17, 15) is 9.59 Å². The molecule has 1 aromatic carbocycles. The summed E-state index contributed by atoms with van der Waals surface area (Å²) in [5.41, 5.74) is 0.776. The highest BCUT2D eigenvalue weighted by atomic mass is 35.5. The van der Waals surface area contributed by atoms with E-state index in [0.717, 1.165) is 24.8 Å². The van der Waals surface area contributed by atoms with Gasteiger partial charge in [0.25, 0.3) is 0 Å². The molecule has 168 valence electrons. The number of ether oxygens (including phenoxy) is 2. The molecule has 1 aliphatic heterocycles. The number of halogens is 1. The molecule has 1 unspecified atom stereocenters. The van der Waals surface area contributed by atoms with Gasteiger partial charge in [0, 0.05) is 23.8 Å². The van der Waals surface area contributed by atoms with Crippen molar-refractivity contribution in [2.75, 3.05) is 11.9 Å². The molecule has 1 fully saturated rings. The minimum atomic E-state index is -0.698. The lowest BCUT2D eigenvalue weighted by Crippen LogP contribution is -2.28. The number of nitrogens with zero attached hydrogens (tertiary/aromatic N) is 3. The van der Waals surface area contributed by atoms with Crippen LogP contribution in [0.1, 0.15) is 62.3 Å². The van der Waals surface area contributed by atoms with E-state index in [1.54, 1.807) is 39.1 Å². The van der Waals surface area contributed by atoms with Gasteiger partial charge in [-0.3, -0.25) is 10.1 Å². The Bertz CT molecular complexity index is 1160. The third kappa shape index (κ3) is 4.76. The van der Waals surface area contributed by atoms with Gasteiger partial charge in [-0.25, -0.2) is 14.5 Å². The van der Waals surface area contributed by atoms with Crippen molar-refractivity contribution >= 4 is 40.1 Å². The van der Waals surface area contributed by atoms with Crippen LogP contribution in [0.5, 0.6) is 0 Å². The van der Waals surface area contributed by atoms with E-state index in [1.807, 2.05) is 10.7 Å². The molecule has 3 heterocycles. The number of nitrogens with one attached hydrogen (secondary N) is 1. The van der Waals surface area contributed by atoms with Crippen LogP contribution in [0.3, 0.4) is 0 Å². The zero-order valence-corrected chi connectivity index (χ0v) is 19.0. The number of carbonyl (C=O) groups excluding carboxylic acids is 2. The molecule has 0 aliphatic carbocycles. The lowest BCUT2D eigenvalue weighted by Gasteiger charge is -2.23. The second-order valence-electron chi connectivity index (χ2n) is 8.65. The molecule has 8 nitrogen and oxygen atoms in total. The van der Waals surface area contributed by atoms with Gasteiger partial charge in [0.15, 0.2) is 6.23 Å². The number of rotatable bonds is 4. The number of pyridine rings is 1. The van der Waals surface area contributed by atoms with Gasteiger partial charge in [-0.15, -0.1) is 0 Å². The average molecular weight is 457 g/mol. The Morgan fingerprint density at radius 1 is 1.25 bits per heavy atom. The SMILES string of the molecule is CC(C)(C)OC(=O)Nc1cc(Cl)cnc1C(=O)c1cccc2c1cnn2C1CCCCO1. The standard InChI is InChI=1S/C23H25ClN4O4/c1-23(2,3)32-22(30)27-17-11-14(24)12-25-20(17)21(29)15-7-6-8-18-16(15)13-26-28(18)19-9-4-5-10-31-19/h6-8,11-13,19H,4-5,9-10H2,1-3H3,(H,27,30). The van der Waals surface area contributed by atoms with Gasteiger partial charge in [0.05, 0.1) is 22.4 Å². The van der Waals surface area contributed by atoms with E-state index in [0.29, 0.717) is 17.6 Å². The predicted octanol–water partition coefficient (Wildman–Crippen LogP) is 5.36. The molecule has 1 atom stereocenters. The highest BCUT2D eigenvalue weighted by Gasteiger charge is 2.24. The summed E-state index contributed by atoms with van der Waals surface area (Å²) in [7, 11) is 0. The summed E-state index contributed by atoms with van der Waals surface area (Å²) in [5.74, 6) is -0.359. The lowest BCUT2D eigenvalue weighted by molar-refractivity contribution is -0.0366. The third-order valence-electron chi connectivity index (χ3n) is 5.02. The molecule has 1 N–H and O–H groups in total. The second-order valence-corrected chi connectivity index (χ2v) is 9.09. The highest BCUT2D eigenvalue weighted by Crippen LogP contribution is 2.30. The van der Waals surface area contributed by atoms with E-state index in [-0.39, 0.29) is 28.4 Å². The van der Waals surface area contributed by atoms with Gasteiger partial charge < -0.3 is 9.47 Å². The van der Waals surface area contributed by atoms with Gasteiger partial charge in [-0.2, -0.15) is 5.10 Å². The highest BCUT2D eigenvalue weighted by molar-refractivity contribution is 6.31. The fourth-order valence-corrected chi connectivity index (χ4v) is 3.83. The van der Waals surface area contributed by atoms with Crippen molar-refractivity contribution < 1.29 is 19.1 Å². The number of anilines is 1. The van der Waals surface area contributed by atoms with Crippen molar-refractivity contribution in [2.45, 2.75) is 51.9 Å². The second kappa shape index (κ2) is 8.88. The molecule has 0 spiro atoms. The molecule has 1 aliphatic rings. The molecule has 1 amide bonds. The van der Waals surface area contributed by atoms with Crippen LogP contribution in [0.15, 0.2) is 36.7 Å². The first-order valence-corrected chi connectivity index (χ1v) is 10.9. The molecule has 0 bridgehead atoms. The van der Waals surface area contributed by atoms with Crippen molar-refractivity contribution in [1.82, 2.24) is 14.8 Å². The molecular weight excluding hydrogens is 432 g/mol. The van der Waals surface area contributed by atoms with Crippen LogP contribution in [0, 0.1) is 0 Å². The lowest BCUT2D eigenvalue weighted by atomic mass is 10.0. The number of hydrogen-bond donors (Lipinski definition) is 1. The van der Waals surface area contributed by atoms with E-state index in [2.05, 4.69) is 15.4 Å². The zero-order chi connectivity index (χ0) is 22.9. The summed E-state index contributed by atoms with van der Waals surface area (Å²) in [6.45, 7) is 5.95. The molecule has 32 heavy (non-hydrogen) atoms.